The standard InChI is InChI=1S/C22H22ClFN4O6S2/c1-2-34-22(31)17-15(10-28-6-8-36(32,33)11-16(28)21(29)30)26-19(20-25-5-7-35-20)27-18(17)13-4-3-12(24)9-14(13)23/h3-5,7,9,16,18H,2,6,8,10-11H2,1H3,(H,26,27)(H,29,30). The lowest BCUT2D eigenvalue weighted by Crippen LogP contribution is -2.54. The maximum absolute atomic E-state index is 13.8. The molecule has 36 heavy (non-hydrogen) atoms. The molecule has 0 aliphatic carbocycles. The molecule has 1 aromatic heterocycles. The average molecular weight is 557 g/mol. The second-order valence-corrected chi connectivity index (χ2v) is 11.6. The number of ether oxygens (including phenoxy) is 1. The molecule has 2 atom stereocenters. The number of aliphatic imine (C=N–C) groups is 1. The van der Waals surface area contributed by atoms with Crippen LogP contribution in [-0.4, -0.2) is 78.4 Å². The number of carboxylic acid groups (broad SMARTS) is 1. The minimum Gasteiger partial charge on any atom is -0.480 e. The highest BCUT2D eigenvalue weighted by molar-refractivity contribution is 7.91. The van der Waals surface area contributed by atoms with Gasteiger partial charge in [-0.05, 0) is 19.1 Å². The molecule has 4 rings (SSSR count). The monoisotopic (exact) mass is 556 g/mol. The number of esters is 1. The van der Waals surface area contributed by atoms with Gasteiger partial charge in [-0.3, -0.25) is 14.7 Å². The predicted molar refractivity (Wildman–Crippen MR) is 131 cm³/mol. The first-order valence-electron chi connectivity index (χ1n) is 10.9. The van der Waals surface area contributed by atoms with Gasteiger partial charge in [0, 0.05) is 40.9 Å². The van der Waals surface area contributed by atoms with Crippen molar-refractivity contribution in [1.29, 1.82) is 0 Å². The summed E-state index contributed by atoms with van der Waals surface area (Å²) < 4.78 is 43.3. The Morgan fingerprint density at radius 1 is 1.39 bits per heavy atom. The first kappa shape index (κ1) is 26.2. The summed E-state index contributed by atoms with van der Waals surface area (Å²) in [5.74, 6) is -3.05. The highest BCUT2D eigenvalue weighted by atomic mass is 35.5. The smallest absolute Gasteiger partial charge is 0.338 e. The molecule has 2 aromatic rings. The van der Waals surface area contributed by atoms with Crippen molar-refractivity contribution in [2.75, 3.05) is 31.2 Å². The largest absolute Gasteiger partial charge is 0.480 e. The molecule has 0 radical (unpaired) electrons. The van der Waals surface area contributed by atoms with E-state index in [1.807, 2.05) is 0 Å². The molecule has 2 N–H and O–H groups in total. The Balaban J connectivity index is 1.84. The van der Waals surface area contributed by atoms with Crippen molar-refractivity contribution in [3.63, 3.8) is 0 Å². The molecule has 1 aromatic carbocycles. The van der Waals surface area contributed by atoms with Gasteiger partial charge in [-0.15, -0.1) is 11.3 Å². The molecular weight excluding hydrogens is 535 g/mol. The van der Waals surface area contributed by atoms with Gasteiger partial charge in [-0.2, -0.15) is 0 Å². The molecule has 0 bridgehead atoms. The SMILES string of the molecule is CCOC(=O)C1=C(CN2CCS(=O)(=O)CC2C(=O)O)NC(c2nccs2)=NC1c1ccc(F)cc1Cl. The lowest BCUT2D eigenvalue weighted by atomic mass is 9.95. The van der Waals surface area contributed by atoms with Crippen LogP contribution in [0.5, 0.6) is 0 Å². The van der Waals surface area contributed by atoms with Gasteiger partial charge in [-0.1, -0.05) is 17.7 Å². The van der Waals surface area contributed by atoms with Crippen molar-refractivity contribution < 1.29 is 32.2 Å². The second-order valence-electron chi connectivity index (χ2n) is 8.06. The molecule has 0 saturated carbocycles. The summed E-state index contributed by atoms with van der Waals surface area (Å²) in [6.07, 6.45) is 1.57. The zero-order chi connectivity index (χ0) is 26.0. The molecule has 1 fully saturated rings. The van der Waals surface area contributed by atoms with E-state index in [0.717, 1.165) is 6.07 Å². The van der Waals surface area contributed by atoms with Gasteiger partial charge in [-0.25, -0.2) is 22.6 Å². The van der Waals surface area contributed by atoms with Crippen LogP contribution in [0.15, 0.2) is 46.0 Å². The predicted octanol–water partition coefficient (Wildman–Crippen LogP) is 2.03. The van der Waals surface area contributed by atoms with Crippen molar-refractivity contribution in [3.05, 3.63) is 62.5 Å². The number of nitrogens with zero attached hydrogens (tertiary/aromatic N) is 3. The van der Waals surface area contributed by atoms with Crippen LogP contribution in [0.2, 0.25) is 5.02 Å². The molecule has 2 aliphatic heterocycles. The summed E-state index contributed by atoms with van der Waals surface area (Å²) >= 11 is 7.63. The Kier molecular flexibility index (Phi) is 7.73. The molecule has 0 amide bonds. The number of sulfone groups is 1. The number of carbonyl (C=O) groups is 2. The van der Waals surface area contributed by atoms with Crippen molar-refractivity contribution >= 4 is 50.5 Å². The fraction of sp³-hybridized carbons (Fsp3) is 0.364. The third kappa shape index (κ3) is 5.59. The van der Waals surface area contributed by atoms with Crippen LogP contribution in [0.4, 0.5) is 4.39 Å². The maximum Gasteiger partial charge on any atom is 0.338 e. The first-order valence-corrected chi connectivity index (χ1v) is 13.9. The zero-order valence-corrected chi connectivity index (χ0v) is 21.4. The van der Waals surface area contributed by atoms with E-state index in [4.69, 9.17) is 16.3 Å². The van der Waals surface area contributed by atoms with Crippen LogP contribution in [0.1, 0.15) is 23.5 Å². The summed E-state index contributed by atoms with van der Waals surface area (Å²) in [6, 6.07) is 1.40. The molecule has 1 saturated heterocycles. The maximum atomic E-state index is 13.8. The van der Waals surface area contributed by atoms with E-state index in [1.54, 1.807) is 18.5 Å². The van der Waals surface area contributed by atoms with Gasteiger partial charge >= 0.3 is 11.9 Å². The third-order valence-corrected chi connectivity index (χ3v) is 8.44. The summed E-state index contributed by atoms with van der Waals surface area (Å²) in [5.41, 5.74) is 0.665. The van der Waals surface area contributed by atoms with E-state index < -0.39 is 45.4 Å². The van der Waals surface area contributed by atoms with E-state index in [9.17, 15) is 27.5 Å². The molecule has 0 spiro atoms. The molecular formula is C22H22ClFN4O6S2. The molecule has 192 valence electrons. The highest BCUT2D eigenvalue weighted by Gasteiger charge is 2.39. The second kappa shape index (κ2) is 10.6. The normalized spacial score (nSPS) is 22.0. The Morgan fingerprint density at radius 3 is 2.81 bits per heavy atom. The summed E-state index contributed by atoms with van der Waals surface area (Å²) in [5, 5.41) is 15.1. The fourth-order valence-electron chi connectivity index (χ4n) is 4.03. The van der Waals surface area contributed by atoms with E-state index in [0.29, 0.717) is 16.4 Å². The van der Waals surface area contributed by atoms with Gasteiger partial charge in [0.15, 0.2) is 20.7 Å². The van der Waals surface area contributed by atoms with E-state index in [-0.39, 0.29) is 41.7 Å². The van der Waals surface area contributed by atoms with Crippen LogP contribution in [0.25, 0.3) is 0 Å². The van der Waals surface area contributed by atoms with E-state index in [1.165, 1.54) is 28.4 Å². The average Bonchev–Trinajstić information content (AvgIpc) is 3.35. The van der Waals surface area contributed by atoms with Gasteiger partial charge < -0.3 is 15.2 Å². The first-order chi connectivity index (χ1) is 17.1. The number of halogens is 2. The zero-order valence-electron chi connectivity index (χ0n) is 19.0. The number of nitrogens with one attached hydrogen (secondary N) is 1. The topological polar surface area (TPSA) is 138 Å². The Hall–Kier alpha value is -2.87. The van der Waals surface area contributed by atoms with Gasteiger partial charge in [0.05, 0.1) is 23.7 Å². The number of carboxylic acids is 1. The molecule has 3 heterocycles. The van der Waals surface area contributed by atoms with Crippen LogP contribution in [0.3, 0.4) is 0 Å². The number of hydrogen-bond donors (Lipinski definition) is 2. The van der Waals surface area contributed by atoms with E-state index >= 15 is 0 Å². The number of rotatable bonds is 7. The van der Waals surface area contributed by atoms with Gasteiger partial charge in [0.1, 0.15) is 17.9 Å². The summed E-state index contributed by atoms with van der Waals surface area (Å²) in [6.45, 7) is 1.53. The summed E-state index contributed by atoms with van der Waals surface area (Å²) in [7, 11) is -3.53. The quantitative estimate of drug-likeness (QED) is 0.490. The van der Waals surface area contributed by atoms with Crippen molar-refractivity contribution in [3.8, 4) is 0 Å². The lowest BCUT2D eigenvalue weighted by Gasteiger charge is -2.35. The molecule has 14 heteroatoms. The number of hydrogen-bond acceptors (Lipinski definition) is 10. The van der Waals surface area contributed by atoms with Crippen molar-refractivity contribution in [2.24, 2.45) is 4.99 Å². The Bertz CT molecular complexity index is 1350. The van der Waals surface area contributed by atoms with E-state index in [2.05, 4.69) is 15.3 Å². The molecule has 10 nitrogen and oxygen atoms in total. The van der Waals surface area contributed by atoms with Crippen LogP contribution in [-0.2, 0) is 24.2 Å². The number of aromatic nitrogens is 1. The van der Waals surface area contributed by atoms with Crippen LogP contribution in [0, 0.1) is 5.82 Å². The summed E-state index contributed by atoms with van der Waals surface area (Å²) in [4.78, 5) is 35.5. The number of benzene rings is 1. The minimum atomic E-state index is -3.53. The third-order valence-electron chi connectivity index (χ3n) is 5.70. The van der Waals surface area contributed by atoms with Crippen LogP contribution >= 0.6 is 22.9 Å². The molecule has 2 aliphatic rings. The molecule has 2 unspecified atom stereocenters. The number of thiazole rings is 1. The van der Waals surface area contributed by atoms with Crippen molar-refractivity contribution in [1.82, 2.24) is 15.2 Å². The van der Waals surface area contributed by atoms with Gasteiger partial charge in [0.25, 0.3) is 0 Å². The lowest BCUT2D eigenvalue weighted by molar-refractivity contribution is -0.142. The van der Waals surface area contributed by atoms with Gasteiger partial charge in [0.2, 0.25) is 0 Å². The number of carbonyl (C=O) groups excluding carboxylic acids is 1. The fourth-order valence-corrected chi connectivity index (χ4v) is 6.40. The highest BCUT2D eigenvalue weighted by Crippen LogP contribution is 2.37. The number of amidine groups is 1. The van der Waals surface area contributed by atoms with Crippen LogP contribution < -0.4 is 5.32 Å². The Labute approximate surface area is 215 Å². The number of aliphatic carboxylic acids is 1. The van der Waals surface area contributed by atoms with Crippen molar-refractivity contribution in [2.45, 2.75) is 19.0 Å². The Morgan fingerprint density at radius 2 is 2.17 bits per heavy atom. The minimum absolute atomic E-state index is 0.0396.